The predicted octanol–water partition coefficient (Wildman–Crippen LogP) is 2.56. The van der Waals surface area contributed by atoms with Gasteiger partial charge in [0.2, 0.25) is 5.75 Å². The molecule has 0 aliphatic heterocycles. The molecule has 1 aromatic heterocycles. The molecule has 0 bridgehead atoms. The summed E-state index contributed by atoms with van der Waals surface area (Å²) in [5.74, 6) is -0.921. The van der Waals surface area contributed by atoms with Gasteiger partial charge in [-0.3, -0.25) is 19.4 Å². The summed E-state index contributed by atoms with van der Waals surface area (Å²) in [5.41, 5.74) is 1.46. The number of ether oxygens (including phenoxy) is 4. The van der Waals surface area contributed by atoms with Crippen LogP contribution in [0.1, 0.15) is 17.3 Å². The van der Waals surface area contributed by atoms with Gasteiger partial charge in [-0.05, 0) is 43.3 Å². The number of benzene rings is 2. The first-order valence-electron chi connectivity index (χ1n) is 10.3. The number of fused-ring (bicyclic) bond motifs is 1. The Bertz CT molecular complexity index is 1180. The van der Waals surface area contributed by atoms with E-state index in [1.54, 1.807) is 24.4 Å². The van der Waals surface area contributed by atoms with Crippen molar-refractivity contribution in [3.8, 4) is 17.2 Å². The van der Waals surface area contributed by atoms with Crippen LogP contribution in [0.2, 0.25) is 0 Å². The quantitative estimate of drug-likeness (QED) is 0.460. The second-order valence-electron chi connectivity index (χ2n) is 7.09. The van der Waals surface area contributed by atoms with E-state index in [9.17, 15) is 14.4 Å². The van der Waals surface area contributed by atoms with Crippen LogP contribution in [0.4, 0.5) is 5.69 Å². The van der Waals surface area contributed by atoms with Crippen LogP contribution in [0.3, 0.4) is 0 Å². The van der Waals surface area contributed by atoms with Gasteiger partial charge in [0.1, 0.15) is 6.54 Å². The molecule has 0 saturated heterocycles. The number of nitrogens with one attached hydrogen (secondary N) is 2. The predicted molar refractivity (Wildman–Crippen MR) is 124 cm³/mol. The van der Waals surface area contributed by atoms with Crippen molar-refractivity contribution in [1.82, 2.24) is 10.3 Å². The van der Waals surface area contributed by atoms with Crippen LogP contribution < -0.4 is 24.8 Å². The number of methoxy groups -OCH3 is 3. The summed E-state index contributed by atoms with van der Waals surface area (Å²) in [5, 5.41) is 5.94. The number of hydrogen-bond donors (Lipinski definition) is 2. The van der Waals surface area contributed by atoms with Gasteiger partial charge in [-0.25, -0.2) is 0 Å². The van der Waals surface area contributed by atoms with E-state index in [4.69, 9.17) is 18.9 Å². The Kier molecular flexibility index (Phi) is 7.86. The fourth-order valence-corrected chi connectivity index (χ4v) is 3.21. The summed E-state index contributed by atoms with van der Waals surface area (Å²) in [7, 11) is 4.31. The second-order valence-corrected chi connectivity index (χ2v) is 7.09. The molecule has 2 aromatic carbocycles. The van der Waals surface area contributed by atoms with Crippen LogP contribution in [0.5, 0.6) is 17.2 Å². The highest BCUT2D eigenvalue weighted by Gasteiger charge is 2.21. The lowest BCUT2D eigenvalue weighted by Gasteiger charge is -2.15. The highest BCUT2D eigenvalue weighted by molar-refractivity contribution is 6.03. The van der Waals surface area contributed by atoms with Crippen molar-refractivity contribution in [2.45, 2.75) is 13.0 Å². The van der Waals surface area contributed by atoms with E-state index in [0.29, 0.717) is 22.9 Å². The monoisotopic (exact) mass is 467 g/mol. The van der Waals surface area contributed by atoms with E-state index in [1.807, 2.05) is 12.1 Å². The lowest BCUT2D eigenvalue weighted by molar-refractivity contribution is -0.152. The van der Waals surface area contributed by atoms with E-state index in [0.717, 1.165) is 10.9 Å². The number of hydrogen-bond acceptors (Lipinski definition) is 8. The number of rotatable bonds is 9. The minimum atomic E-state index is -1.09. The van der Waals surface area contributed by atoms with E-state index in [-0.39, 0.29) is 5.56 Å². The fourth-order valence-electron chi connectivity index (χ4n) is 3.21. The van der Waals surface area contributed by atoms with Gasteiger partial charge in [0.15, 0.2) is 17.6 Å². The van der Waals surface area contributed by atoms with Gasteiger partial charge < -0.3 is 29.6 Å². The molecule has 0 radical (unpaired) electrons. The van der Waals surface area contributed by atoms with Gasteiger partial charge >= 0.3 is 5.97 Å². The topological polar surface area (TPSA) is 125 Å². The highest BCUT2D eigenvalue weighted by Crippen LogP contribution is 2.38. The molecule has 1 atom stereocenters. The summed E-state index contributed by atoms with van der Waals surface area (Å²) in [6, 6.07) is 11.8. The minimum absolute atomic E-state index is 0.192. The van der Waals surface area contributed by atoms with Crippen LogP contribution in [0.25, 0.3) is 10.9 Å². The third kappa shape index (κ3) is 5.52. The van der Waals surface area contributed by atoms with Gasteiger partial charge in [0, 0.05) is 17.1 Å². The Morgan fingerprint density at radius 1 is 0.971 bits per heavy atom. The first-order valence-corrected chi connectivity index (χ1v) is 10.3. The van der Waals surface area contributed by atoms with Crippen molar-refractivity contribution in [2.75, 3.05) is 33.2 Å². The average Bonchev–Trinajstić information content (AvgIpc) is 2.86. The Hall–Kier alpha value is -4.34. The summed E-state index contributed by atoms with van der Waals surface area (Å²) >= 11 is 0. The van der Waals surface area contributed by atoms with Crippen LogP contribution in [0.15, 0.2) is 48.7 Å². The molecule has 10 heteroatoms. The van der Waals surface area contributed by atoms with Gasteiger partial charge in [-0.15, -0.1) is 0 Å². The molecule has 0 fully saturated rings. The smallest absolute Gasteiger partial charge is 0.326 e. The Labute approximate surface area is 196 Å². The van der Waals surface area contributed by atoms with Crippen molar-refractivity contribution in [2.24, 2.45) is 0 Å². The molecule has 0 spiro atoms. The molecule has 178 valence electrons. The maximum absolute atomic E-state index is 12.5. The number of carbonyl (C=O) groups is 3. The first-order chi connectivity index (χ1) is 16.4. The summed E-state index contributed by atoms with van der Waals surface area (Å²) in [6.07, 6.45) is 0.572. The molecule has 10 nitrogen and oxygen atoms in total. The number of aromatic nitrogens is 1. The number of pyridine rings is 1. The zero-order chi connectivity index (χ0) is 24.7. The third-order valence-electron chi connectivity index (χ3n) is 4.90. The van der Waals surface area contributed by atoms with Crippen molar-refractivity contribution in [3.05, 3.63) is 54.2 Å². The number of nitrogens with zero attached hydrogens (tertiary/aromatic N) is 1. The lowest BCUT2D eigenvalue weighted by Crippen LogP contribution is -2.35. The molecule has 34 heavy (non-hydrogen) atoms. The lowest BCUT2D eigenvalue weighted by atomic mass is 10.1. The molecule has 1 heterocycles. The maximum Gasteiger partial charge on any atom is 0.326 e. The zero-order valence-corrected chi connectivity index (χ0v) is 19.2. The van der Waals surface area contributed by atoms with Crippen molar-refractivity contribution < 1.29 is 33.3 Å². The summed E-state index contributed by atoms with van der Waals surface area (Å²) in [4.78, 5) is 41.5. The molecule has 3 rings (SSSR count). The Balaban J connectivity index is 1.58. The fraction of sp³-hybridized carbons (Fsp3) is 0.250. The van der Waals surface area contributed by atoms with Gasteiger partial charge in [0.05, 0.1) is 32.5 Å². The van der Waals surface area contributed by atoms with E-state index < -0.39 is 30.4 Å². The molecular weight excluding hydrogens is 442 g/mol. The largest absolute Gasteiger partial charge is 0.493 e. The highest BCUT2D eigenvalue weighted by atomic mass is 16.5. The Morgan fingerprint density at radius 2 is 1.68 bits per heavy atom. The minimum Gasteiger partial charge on any atom is -0.493 e. The maximum atomic E-state index is 12.5. The second kappa shape index (κ2) is 11.0. The van der Waals surface area contributed by atoms with Crippen LogP contribution >= 0.6 is 0 Å². The third-order valence-corrected chi connectivity index (χ3v) is 4.90. The normalized spacial score (nSPS) is 11.3. The molecule has 2 N–H and O–H groups in total. The molecule has 3 aromatic rings. The van der Waals surface area contributed by atoms with Crippen molar-refractivity contribution in [3.63, 3.8) is 0 Å². The van der Waals surface area contributed by atoms with Gasteiger partial charge in [0.25, 0.3) is 11.8 Å². The van der Waals surface area contributed by atoms with Crippen LogP contribution in [0, 0.1) is 0 Å². The van der Waals surface area contributed by atoms with Crippen molar-refractivity contribution >= 4 is 34.4 Å². The molecule has 0 saturated carbocycles. The molecule has 0 aliphatic carbocycles. The SMILES string of the molecule is COc1cc(C(=O)NCC(=O)OC(C)C(=O)Nc2cccc3ncccc23)cc(OC)c1OC. The molecule has 0 aliphatic rings. The first kappa shape index (κ1) is 24.3. The Morgan fingerprint density at radius 3 is 2.32 bits per heavy atom. The summed E-state index contributed by atoms with van der Waals surface area (Å²) in [6.45, 7) is 1.00. The molecule has 1 unspecified atom stereocenters. The molecule has 2 amide bonds. The number of anilines is 1. The number of esters is 1. The van der Waals surface area contributed by atoms with E-state index in [1.165, 1.54) is 40.4 Å². The van der Waals surface area contributed by atoms with Crippen molar-refractivity contribution in [1.29, 1.82) is 0 Å². The standard InChI is InChI=1S/C24H25N3O7/c1-14(23(29)27-18-9-5-8-17-16(18)7-6-10-25-17)34-21(28)13-26-24(30)15-11-19(31-2)22(33-4)20(12-15)32-3/h5-12,14H,13H2,1-4H3,(H,26,30)(H,27,29). The van der Waals surface area contributed by atoms with Crippen LogP contribution in [-0.4, -0.2) is 56.7 Å². The molecular formula is C24H25N3O7. The van der Waals surface area contributed by atoms with Gasteiger partial charge in [-0.1, -0.05) is 6.07 Å². The number of amides is 2. The van der Waals surface area contributed by atoms with E-state index in [2.05, 4.69) is 15.6 Å². The van der Waals surface area contributed by atoms with Gasteiger partial charge in [-0.2, -0.15) is 0 Å². The van der Waals surface area contributed by atoms with E-state index >= 15 is 0 Å². The zero-order valence-electron chi connectivity index (χ0n) is 19.2. The van der Waals surface area contributed by atoms with Crippen LogP contribution in [-0.2, 0) is 14.3 Å². The summed E-state index contributed by atoms with van der Waals surface area (Å²) < 4.78 is 20.8. The average molecular weight is 467 g/mol. The number of carbonyl (C=O) groups excluding carboxylic acids is 3.